The van der Waals surface area contributed by atoms with Crippen LogP contribution in [0.2, 0.25) is 0 Å². The molecule has 2 rings (SSSR count). The Kier molecular flexibility index (Phi) is 6.36. The number of rotatable bonds is 1. The highest BCUT2D eigenvalue weighted by Crippen LogP contribution is 2.22. The summed E-state index contributed by atoms with van der Waals surface area (Å²) in [5.41, 5.74) is 0. The van der Waals surface area contributed by atoms with Crippen molar-refractivity contribution in [2.45, 2.75) is 71.1 Å². The van der Waals surface area contributed by atoms with E-state index in [0.717, 1.165) is 51.4 Å². The molecule has 2 aliphatic carbocycles. The fourth-order valence-corrected chi connectivity index (χ4v) is 2.43. The van der Waals surface area contributed by atoms with Crippen LogP contribution in [0.3, 0.4) is 0 Å². The van der Waals surface area contributed by atoms with Crippen LogP contribution >= 0.6 is 0 Å². The number of ketones is 2. The molecule has 0 amide bonds. The van der Waals surface area contributed by atoms with Gasteiger partial charge in [-0.3, -0.25) is 9.59 Å². The van der Waals surface area contributed by atoms with E-state index in [0.29, 0.717) is 17.5 Å². The van der Waals surface area contributed by atoms with Gasteiger partial charge in [0.2, 0.25) is 0 Å². The van der Waals surface area contributed by atoms with Crippen molar-refractivity contribution >= 4 is 11.6 Å². The predicted octanol–water partition coefficient (Wildman–Crippen LogP) is 3.68. The van der Waals surface area contributed by atoms with Crippen molar-refractivity contribution in [2.24, 2.45) is 5.92 Å². The van der Waals surface area contributed by atoms with E-state index in [2.05, 4.69) is 6.92 Å². The number of Topliss-reactive ketones (excluding diaryl/α,β-unsaturated/α-hetero) is 2. The Balaban J connectivity index is 0.000000165. The molecule has 0 aromatic heterocycles. The Hall–Kier alpha value is -0.660. The van der Waals surface area contributed by atoms with E-state index < -0.39 is 0 Å². The third-order valence-electron chi connectivity index (χ3n) is 3.59. The SMILES string of the molecule is CCC1CCCCC1=O.O=C1CCCCC1. The van der Waals surface area contributed by atoms with Crippen molar-refractivity contribution in [1.29, 1.82) is 0 Å². The first-order valence-electron chi connectivity index (χ1n) is 6.78. The monoisotopic (exact) mass is 224 g/mol. The van der Waals surface area contributed by atoms with Crippen molar-refractivity contribution in [2.75, 3.05) is 0 Å². The molecular formula is C14H24O2. The van der Waals surface area contributed by atoms with Crippen LogP contribution in [0.1, 0.15) is 71.1 Å². The first-order valence-corrected chi connectivity index (χ1v) is 6.78. The summed E-state index contributed by atoms with van der Waals surface area (Å²) in [6.07, 6.45) is 10.7. The summed E-state index contributed by atoms with van der Waals surface area (Å²) in [6.45, 7) is 2.11. The van der Waals surface area contributed by atoms with E-state index in [1.54, 1.807) is 0 Å². The fraction of sp³-hybridized carbons (Fsp3) is 0.857. The average molecular weight is 224 g/mol. The van der Waals surface area contributed by atoms with Gasteiger partial charge in [-0.25, -0.2) is 0 Å². The van der Waals surface area contributed by atoms with E-state index in [4.69, 9.17) is 0 Å². The van der Waals surface area contributed by atoms with Crippen LogP contribution in [-0.4, -0.2) is 11.6 Å². The normalized spacial score (nSPS) is 25.9. The Morgan fingerprint density at radius 2 is 1.56 bits per heavy atom. The van der Waals surface area contributed by atoms with Crippen LogP contribution in [0.5, 0.6) is 0 Å². The third-order valence-corrected chi connectivity index (χ3v) is 3.59. The lowest BCUT2D eigenvalue weighted by Crippen LogP contribution is -2.17. The molecule has 92 valence electrons. The molecule has 16 heavy (non-hydrogen) atoms. The summed E-state index contributed by atoms with van der Waals surface area (Å²) in [5, 5.41) is 0. The van der Waals surface area contributed by atoms with Crippen LogP contribution < -0.4 is 0 Å². The molecule has 2 fully saturated rings. The largest absolute Gasteiger partial charge is 0.300 e. The summed E-state index contributed by atoms with van der Waals surface area (Å²) in [5.74, 6) is 1.38. The molecule has 0 aliphatic heterocycles. The molecule has 2 saturated carbocycles. The molecule has 0 aromatic rings. The smallest absolute Gasteiger partial charge is 0.135 e. The minimum absolute atomic E-state index is 0.416. The van der Waals surface area contributed by atoms with Gasteiger partial charge in [-0.05, 0) is 32.1 Å². The van der Waals surface area contributed by atoms with Crippen molar-refractivity contribution in [1.82, 2.24) is 0 Å². The number of hydrogen-bond donors (Lipinski definition) is 0. The van der Waals surface area contributed by atoms with Gasteiger partial charge in [0.05, 0.1) is 0 Å². The molecule has 0 bridgehead atoms. The van der Waals surface area contributed by atoms with E-state index >= 15 is 0 Å². The van der Waals surface area contributed by atoms with Crippen molar-refractivity contribution in [3.63, 3.8) is 0 Å². The lowest BCUT2D eigenvalue weighted by Gasteiger charge is -2.17. The second-order valence-electron chi connectivity index (χ2n) is 4.92. The van der Waals surface area contributed by atoms with Gasteiger partial charge in [-0.15, -0.1) is 0 Å². The molecule has 0 saturated heterocycles. The highest BCUT2D eigenvalue weighted by Gasteiger charge is 2.19. The Morgan fingerprint density at radius 1 is 0.938 bits per heavy atom. The van der Waals surface area contributed by atoms with Gasteiger partial charge in [0, 0.05) is 25.2 Å². The van der Waals surface area contributed by atoms with Gasteiger partial charge in [0.15, 0.2) is 0 Å². The minimum atomic E-state index is 0.416. The molecule has 1 unspecified atom stereocenters. The van der Waals surface area contributed by atoms with Crippen molar-refractivity contribution in [3.8, 4) is 0 Å². The van der Waals surface area contributed by atoms with E-state index in [-0.39, 0.29) is 0 Å². The van der Waals surface area contributed by atoms with Gasteiger partial charge < -0.3 is 0 Å². The van der Waals surface area contributed by atoms with Gasteiger partial charge in [0.1, 0.15) is 11.6 Å². The average Bonchev–Trinajstić information content (AvgIpc) is 2.31. The predicted molar refractivity (Wildman–Crippen MR) is 65.3 cm³/mol. The van der Waals surface area contributed by atoms with Crippen LogP contribution in [-0.2, 0) is 9.59 Å². The zero-order chi connectivity index (χ0) is 11.8. The number of carbonyl (C=O) groups is 2. The maximum atomic E-state index is 11.0. The highest BCUT2D eigenvalue weighted by molar-refractivity contribution is 5.81. The van der Waals surface area contributed by atoms with Gasteiger partial charge in [-0.2, -0.15) is 0 Å². The van der Waals surface area contributed by atoms with Crippen LogP contribution in [0, 0.1) is 5.92 Å². The molecular weight excluding hydrogens is 200 g/mol. The van der Waals surface area contributed by atoms with Crippen LogP contribution in [0.25, 0.3) is 0 Å². The third kappa shape index (κ3) is 4.91. The zero-order valence-electron chi connectivity index (χ0n) is 10.5. The lowest BCUT2D eigenvalue weighted by atomic mass is 9.86. The number of hydrogen-bond acceptors (Lipinski definition) is 2. The van der Waals surface area contributed by atoms with Crippen LogP contribution in [0.15, 0.2) is 0 Å². The summed E-state index contributed by atoms with van der Waals surface area (Å²) in [7, 11) is 0. The highest BCUT2D eigenvalue weighted by atomic mass is 16.1. The summed E-state index contributed by atoms with van der Waals surface area (Å²) < 4.78 is 0. The molecule has 0 aromatic carbocycles. The molecule has 0 radical (unpaired) electrons. The summed E-state index contributed by atoms with van der Waals surface area (Å²) in [4.78, 5) is 21.5. The van der Waals surface area contributed by atoms with E-state index in [1.165, 1.54) is 12.8 Å². The van der Waals surface area contributed by atoms with Crippen molar-refractivity contribution in [3.05, 3.63) is 0 Å². The zero-order valence-corrected chi connectivity index (χ0v) is 10.5. The van der Waals surface area contributed by atoms with E-state index in [1.807, 2.05) is 0 Å². The first-order chi connectivity index (χ1) is 7.74. The Labute approximate surface area is 98.8 Å². The summed E-state index contributed by atoms with van der Waals surface area (Å²) in [6, 6.07) is 0. The van der Waals surface area contributed by atoms with E-state index in [9.17, 15) is 9.59 Å². The van der Waals surface area contributed by atoms with Gasteiger partial charge in [0.25, 0.3) is 0 Å². The van der Waals surface area contributed by atoms with Gasteiger partial charge >= 0.3 is 0 Å². The van der Waals surface area contributed by atoms with Gasteiger partial charge in [-0.1, -0.05) is 19.8 Å². The quantitative estimate of drug-likeness (QED) is 0.681. The van der Waals surface area contributed by atoms with Crippen LogP contribution in [0.4, 0.5) is 0 Å². The molecule has 0 N–H and O–H groups in total. The molecule has 0 spiro atoms. The standard InChI is InChI=1S/C8H14O.C6H10O/c1-2-7-5-3-4-6-8(7)9;7-6-4-2-1-3-5-6/h7H,2-6H2,1H3;1-5H2. The first kappa shape index (κ1) is 13.4. The molecule has 0 heterocycles. The maximum absolute atomic E-state index is 11.0. The Bertz CT molecular complexity index is 225. The van der Waals surface area contributed by atoms with Crippen molar-refractivity contribution < 1.29 is 9.59 Å². The molecule has 2 heteroatoms. The Morgan fingerprint density at radius 3 is 1.94 bits per heavy atom. The maximum Gasteiger partial charge on any atom is 0.135 e. The molecule has 1 atom stereocenters. The topological polar surface area (TPSA) is 34.1 Å². The minimum Gasteiger partial charge on any atom is -0.300 e. The molecule has 2 aliphatic rings. The second kappa shape index (κ2) is 7.59. The number of carbonyl (C=O) groups excluding carboxylic acids is 2. The molecule has 2 nitrogen and oxygen atoms in total. The fourth-order valence-electron chi connectivity index (χ4n) is 2.43. The summed E-state index contributed by atoms with van der Waals surface area (Å²) >= 11 is 0. The second-order valence-corrected chi connectivity index (χ2v) is 4.92. The lowest BCUT2D eigenvalue weighted by molar-refractivity contribution is -0.124.